The number of carbonyl (C=O) groups is 1. The summed E-state index contributed by atoms with van der Waals surface area (Å²) in [5, 5.41) is 6.45. The molecule has 0 radical (unpaired) electrons. The first-order valence-electron chi connectivity index (χ1n) is 10.1. The zero-order valence-electron chi connectivity index (χ0n) is 17.5. The number of nitrogens with zero attached hydrogens (tertiary/aromatic N) is 2. The van der Waals surface area contributed by atoms with E-state index in [0.717, 1.165) is 24.1 Å². The van der Waals surface area contributed by atoms with E-state index in [2.05, 4.69) is 31.0 Å². The Hall–Kier alpha value is -2.08. The van der Waals surface area contributed by atoms with Gasteiger partial charge in [0.25, 0.3) is 0 Å². The maximum Gasteiger partial charge on any atom is 0.347 e. The summed E-state index contributed by atoms with van der Waals surface area (Å²) in [5.41, 5.74) is 1.58. The second-order valence-electron chi connectivity index (χ2n) is 9.33. The molecule has 0 saturated heterocycles. The number of ether oxygens (including phenoxy) is 1. The van der Waals surface area contributed by atoms with E-state index in [4.69, 9.17) is 4.74 Å². The van der Waals surface area contributed by atoms with Crippen molar-refractivity contribution in [3.05, 3.63) is 46.1 Å². The smallest absolute Gasteiger partial charge is 0.347 e. The van der Waals surface area contributed by atoms with Crippen LogP contribution in [0.15, 0.2) is 29.1 Å². The molecule has 4 rings (SSSR count). The van der Waals surface area contributed by atoms with Crippen molar-refractivity contribution in [3.8, 4) is 5.69 Å². The summed E-state index contributed by atoms with van der Waals surface area (Å²) in [7, 11) is 0. The molecule has 2 saturated carbocycles. The van der Waals surface area contributed by atoms with Gasteiger partial charge in [0, 0.05) is 17.3 Å². The molecule has 1 aromatic heterocycles. The Morgan fingerprint density at radius 1 is 1.31 bits per heavy atom. The van der Waals surface area contributed by atoms with Crippen LogP contribution >= 0.6 is 12.4 Å². The molecule has 1 N–H and O–H groups in total. The molecule has 2 aromatic rings. The van der Waals surface area contributed by atoms with Crippen molar-refractivity contribution in [2.45, 2.75) is 65.9 Å². The van der Waals surface area contributed by atoms with Gasteiger partial charge in [-0.1, -0.05) is 39.0 Å². The number of H-pyrrole nitrogens is 1. The van der Waals surface area contributed by atoms with Gasteiger partial charge in [-0.05, 0) is 50.2 Å². The molecule has 2 fully saturated rings. The van der Waals surface area contributed by atoms with Gasteiger partial charge < -0.3 is 4.74 Å². The van der Waals surface area contributed by atoms with Crippen LogP contribution in [0.1, 0.15) is 57.8 Å². The number of rotatable bonds is 5. The molecular formula is C22H30ClN3O3. The van der Waals surface area contributed by atoms with Crippen molar-refractivity contribution in [2.24, 2.45) is 16.7 Å². The SMILES string of the molecule is Cc1n[nH]c(=O)n1-c1ccccc1CCC(=O)OC1C2(C)CCC(C2)C1(C)C.Cl. The molecule has 158 valence electrons. The van der Waals surface area contributed by atoms with E-state index >= 15 is 0 Å². The van der Waals surface area contributed by atoms with Crippen LogP contribution in [0.5, 0.6) is 0 Å². The number of carbonyl (C=O) groups excluding carboxylic acids is 1. The van der Waals surface area contributed by atoms with E-state index in [1.807, 2.05) is 24.3 Å². The second-order valence-corrected chi connectivity index (χ2v) is 9.33. The van der Waals surface area contributed by atoms with E-state index in [9.17, 15) is 9.59 Å². The average molecular weight is 420 g/mol. The molecule has 29 heavy (non-hydrogen) atoms. The zero-order valence-corrected chi connectivity index (χ0v) is 18.3. The first-order chi connectivity index (χ1) is 13.2. The topological polar surface area (TPSA) is 77.0 Å². The van der Waals surface area contributed by atoms with Gasteiger partial charge in [0.05, 0.1) is 5.69 Å². The highest BCUT2D eigenvalue weighted by molar-refractivity contribution is 5.85. The highest BCUT2D eigenvalue weighted by Gasteiger charge is 2.61. The molecule has 1 aromatic carbocycles. The predicted molar refractivity (Wildman–Crippen MR) is 114 cm³/mol. The Balaban J connectivity index is 0.00000240. The maximum atomic E-state index is 12.7. The fourth-order valence-electron chi connectivity index (χ4n) is 5.58. The molecule has 2 bridgehead atoms. The first kappa shape index (κ1) is 21.6. The Labute approximate surface area is 177 Å². The number of nitrogens with one attached hydrogen (secondary N) is 1. The predicted octanol–water partition coefficient (Wildman–Crippen LogP) is 3.98. The molecule has 2 aliphatic carbocycles. The highest BCUT2D eigenvalue weighted by Crippen LogP contribution is 2.63. The normalized spacial score (nSPS) is 26.9. The number of hydrogen-bond acceptors (Lipinski definition) is 4. The van der Waals surface area contributed by atoms with Crippen LogP contribution in [0.3, 0.4) is 0 Å². The number of hydrogen-bond donors (Lipinski definition) is 1. The summed E-state index contributed by atoms with van der Waals surface area (Å²) < 4.78 is 7.58. The molecule has 0 aliphatic heterocycles. The van der Waals surface area contributed by atoms with Gasteiger partial charge in [-0.2, -0.15) is 5.10 Å². The summed E-state index contributed by atoms with van der Waals surface area (Å²) >= 11 is 0. The van der Waals surface area contributed by atoms with Gasteiger partial charge in [0.1, 0.15) is 11.9 Å². The molecule has 3 atom stereocenters. The number of aromatic amines is 1. The lowest BCUT2D eigenvalue weighted by Crippen LogP contribution is -2.43. The molecule has 2 aliphatic rings. The fraction of sp³-hybridized carbons (Fsp3) is 0.591. The Kier molecular flexibility index (Phi) is 5.69. The van der Waals surface area contributed by atoms with Crippen molar-refractivity contribution in [1.82, 2.24) is 14.8 Å². The molecule has 0 amide bonds. The van der Waals surface area contributed by atoms with Crippen LogP contribution in [0.25, 0.3) is 5.69 Å². The van der Waals surface area contributed by atoms with Gasteiger partial charge in [0.2, 0.25) is 0 Å². The molecular weight excluding hydrogens is 390 g/mol. The highest BCUT2D eigenvalue weighted by atomic mass is 35.5. The van der Waals surface area contributed by atoms with Crippen LogP contribution < -0.4 is 5.69 Å². The monoisotopic (exact) mass is 419 g/mol. The minimum Gasteiger partial charge on any atom is -0.461 e. The molecule has 6 nitrogen and oxygen atoms in total. The number of halogens is 1. The Morgan fingerprint density at radius 2 is 2.03 bits per heavy atom. The molecule has 1 heterocycles. The van der Waals surface area contributed by atoms with Crippen LogP contribution in [-0.4, -0.2) is 26.8 Å². The number of aryl methyl sites for hydroxylation is 2. The quantitative estimate of drug-likeness (QED) is 0.743. The average Bonchev–Trinajstić information content (AvgIpc) is 3.26. The largest absolute Gasteiger partial charge is 0.461 e. The van der Waals surface area contributed by atoms with Crippen LogP contribution in [0, 0.1) is 23.7 Å². The third-order valence-electron chi connectivity index (χ3n) is 7.06. The maximum absolute atomic E-state index is 12.7. The zero-order chi connectivity index (χ0) is 20.1. The van der Waals surface area contributed by atoms with E-state index in [1.165, 1.54) is 6.42 Å². The van der Waals surface area contributed by atoms with Gasteiger partial charge in [-0.3, -0.25) is 4.79 Å². The van der Waals surface area contributed by atoms with Crippen molar-refractivity contribution in [1.29, 1.82) is 0 Å². The Bertz CT molecular complexity index is 959. The van der Waals surface area contributed by atoms with E-state index < -0.39 is 0 Å². The first-order valence-corrected chi connectivity index (χ1v) is 10.1. The number of fused-ring (bicyclic) bond motifs is 2. The van der Waals surface area contributed by atoms with E-state index in [1.54, 1.807) is 11.5 Å². The van der Waals surface area contributed by atoms with Crippen LogP contribution in [-0.2, 0) is 16.0 Å². The molecule has 3 unspecified atom stereocenters. The minimum atomic E-state index is -0.274. The Morgan fingerprint density at radius 3 is 2.66 bits per heavy atom. The van der Waals surface area contributed by atoms with Crippen LogP contribution in [0.4, 0.5) is 0 Å². The fourth-order valence-corrected chi connectivity index (χ4v) is 5.58. The lowest BCUT2D eigenvalue weighted by Gasteiger charge is -2.41. The van der Waals surface area contributed by atoms with Crippen molar-refractivity contribution in [3.63, 3.8) is 0 Å². The summed E-state index contributed by atoms with van der Waals surface area (Å²) in [6, 6.07) is 7.63. The molecule has 7 heteroatoms. The van der Waals surface area contributed by atoms with Crippen LogP contribution in [0.2, 0.25) is 0 Å². The van der Waals surface area contributed by atoms with Crippen molar-refractivity contribution < 1.29 is 9.53 Å². The van der Waals surface area contributed by atoms with Gasteiger partial charge in [0.15, 0.2) is 0 Å². The summed E-state index contributed by atoms with van der Waals surface area (Å²) in [6.45, 7) is 8.52. The van der Waals surface area contributed by atoms with Crippen molar-refractivity contribution >= 4 is 18.4 Å². The summed E-state index contributed by atoms with van der Waals surface area (Å²) in [4.78, 5) is 24.8. The second kappa shape index (κ2) is 7.63. The third-order valence-corrected chi connectivity index (χ3v) is 7.06. The van der Waals surface area contributed by atoms with Crippen molar-refractivity contribution in [2.75, 3.05) is 0 Å². The lowest BCUT2D eigenvalue weighted by molar-refractivity contribution is -0.164. The number of benzene rings is 1. The molecule has 0 spiro atoms. The van der Waals surface area contributed by atoms with E-state index in [0.29, 0.717) is 24.6 Å². The third kappa shape index (κ3) is 3.63. The number of para-hydroxylation sites is 1. The van der Waals surface area contributed by atoms with Gasteiger partial charge in [-0.25, -0.2) is 14.5 Å². The number of aromatic nitrogens is 3. The summed E-state index contributed by atoms with van der Waals surface area (Å²) in [6.07, 6.45) is 4.35. The van der Waals surface area contributed by atoms with Gasteiger partial charge >= 0.3 is 11.7 Å². The number of esters is 1. The summed E-state index contributed by atoms with van der Waals surface area (Å²) in [5.74, 6) is 1.08. The minimum absolute atomic E-state index is 0. The lowest BCUT2D eigenvalue weighted by atomic mass is 9.70. The standard InChI is InChI=1S/C22H29N3O3.ClH/c1-14-23-24-20(27)25(14)17-8-6-5-7-15(17)9-10-18(26)28-19-21(2,3)16-11-12-22(19,4)13-16;/h5-8,16,19H,9-13H2,1-4H3,(H,24,27);1H. The van der Waals surface area contributed by atoms with E-state index in [-0.39, 0.29) is 41.0 Å². The van der Waals surface area contributed by atoms with Gasteiger partial charge in [-0.15, -0.1) is 12.4 Å².